The highest BCUT2D eigenvalue weighted by Gasteiger charge is 2.15. The highest BCUT2D eigenvalue weighted by Crippen LogP contribution is 2.21. The van der Waals surface area contributed by atoms with Gasteiger partial charge in [0.2, 0.25) is 10.0 Å². The molecule has 0 aliphatic heterocycles. The molecule has 7 heteroatoms. The molecule has 0 radical (unpaired) electrons. The van der Waals surface area contributed by atoms with Gasteiger partial charge in [0.1, 0.15) is 12.1 Å². The summed E-state index contributed by atoms with van der Waals surface area (Å²) in [5, 5.41) is 0. The van der Waals surface area contributed by atoms with Crippen LogP contribution in [0.25, 0.3) is 0 Å². The van der Waals surface area contributed by atoms with Gasteiger partial charge in [-0.1, -0.05) is 0 Å². The number of sulfonamides is 1. The molecule has 0 amide bonds. The number of rotatable bonds is 6. The molecule has 1 N–H and O–H groups in total. The molecule has 6 nitrogen and oxygen atoms in total. The molecule has 118 valence electrons. The standard InChI is InChI=1S/C15H19N3O3S/c1-4-21-15-6-5-14(7-11(15)2)22(19,20)18-9-13-8-12(3)16-10-17-13/h5-8,10,18H,4,9H2,1-3H3. The first-order valence-corrected chi connectivity index (χ1v) is 8.41. The van der Waals surface area contributed by atoms with Crippen LogP contribution in [-0.2, 0) is 16.6 Å². The minimum Gasteiger partial charge on any atom is -0.494 e. The average Bonchev–Trinajstić information content (AvgIpc) is 2.47. The van der Waals surface area contributed by atoms with Gasteiger partial charge in [0.05, 0.1) is 23.7 Å². The van der Waals surface area contributed by atoms with Gasteiger partial charge in [-0.25, -0.2) is 23.1 Å². The summed E-state index contributed by atoms with van der Waals surface area (Å²) >= 11 is 0. The van der Waals surface area contributed by atoms with Gasteiger partial charge < -0.3 is 4.74 Å². The number of aromatic nitrogens is 2. The number of aryl methyl sites for hydroxylation is 2. The van der Waals surface area contributed by atoms with Crippen molar-refractivity contribution < 1.29 is 13.2 Å². The van der Waals surface area contributed by atoms with E-state index in [-0.39, 0.29) is 11.4 Å². The maximum Gasteiger partial charge on any atom is 0.240 e. The van der Waals surface area contributed by atoms with Crippen LogP contribution in [0, 0.1) is 13.8 Å². The molecular formula is C15H19N3O3S. The predicted octanol–water partition coefficient (Wildman–Crippen LogP) is 1.97. The van der Waals surface area contributed by atoms with Crippen molar-refractivity contribution in [3.8, 4) is 5.75 Å². The summed E-state index contributed by atoms with van der Waals surface area (Å²) in [5.74, 6) is 0.688. The van der Waals surface area contributed by atoms with Crippen molar-refractivity contribution in [1.29, 1.82) is 0 Å². The van der Waals surface area contributed by atoms with E-state index in [1.54, 1.807) is 18.2 Å². The van der Waals surface area contributed by atoms with E-state index in [9.17, 15) is 8.42 Å². The van der Waals surface area contributed by atoms with Crippen LogP contribution < -0.4 is 9.46 Å². The SMILES string of the molecule is CCOc1ccc(S(=O)(=O)NCc2cc(C)ncn2)cc1C. The summed E-state index contributed by atoms with van der Waals surface area (Å²) in [6, 6.07) is 6.54. The molecule has 0 fully saturated rings. The Morgan fingerprint density at radius 3 is 2.59 bits per heavy atom. The first-order chi connectivity index (χ1) is 10.4. The minimum absolute atomic E-state index is 0.123. The zero-order valence-electron chi connectivity index (χ0n) is 12.8. The molecule has 0 aliphatic rings. The Hall–Kier alpha value is -1.99. The molecule has 2 rings (SSSR count). The smallest absolute Gasteiger partial charge is 0.240 e. The maximum absolute atomic E-state index is 12.3. The van der Waals surface area contributed by atoms with Crippen LogP contribution in [0.3, 0.4) is 0 Å². The summed E-state index contributed by atoms with van der Waals surface area (Å²) in [6.07, 6.45) is 1.42. The van der Waals surface area contributed by atoms with Crippen LogP contribution >= 0.6 is 0 Å². The zero-order chi connectivity index (χ0) is 16.2. The lowest BCUT2D eigenvalue weighted by molar-refractivity contribution is 0.337. The number of benzene rings is 1. The number of ether oxygens (including phenoxy) is 1. The molecule has 22 heavy (non-hydrogen) atoms. The van der Waals surface area contributed by atoms with E-state index in [1.165, 1.54) is 12.4 Å². The fourth-order valence-electron chi connectivity index (χ4n) is 1.97. The van der Waals surface area contributed by atoms with Crippen molar-refractivity contribution in [2.24, 2.45) is 0 Å². The van der Waals surface area contributed by atoms with Gasteiger partial charge in [0.15, 0.2) is 0 Å². The van der Waals surface area contributed by atoms with Crippen molar-refractivity contribution in [1.82, 2.24) is 14.7 Å². The second-order valence-electron chi connectivity index (χ2n) is 4.84. The predicted molar refractivity (Wildman–Crippen MR) is 83.1 cm³/mol. The van der Waals surface area contributed by atoms with Gasteiger partial charge >= 0.3 is 0 Å². The quantitative estimate of drug-likeness (QED) is 0.880. The Kier molecular flexibility index (Phi) is 5.10. The average molecular weight is 321 g/mol. The van der Waals surface area contributed by atoms with Crippen molar-refractivity contribution in [3.63, 3.8) is 0 Å². The Bertz CT molecular complexity index is 760. The van der Waals surface area contributed by atoms with Crippen LogP contribution in [0.4, 0.5) is 0 Å². The molecule has 1 aromatic carbocycles. The lowest BCUT2D eigenvalue weighted by Gasteiger charge is -2.10. The van der Waals surface area contributed by atoms with E-state index in [2.05, 4.69) is 14.7 Å². The van der Waals surface area contributed by atoms with Gasteiger partial charge in [-0.2, -0.15) is 0 Å². The van der Waals surface area contributed by atoms with Crippen LogP contribution in [0.5, 0.6) is 5.75 Å². The van der Waals surface area contributed by atoms with Gasteiger partial charge in [-0.05, 0) is 50.6 Å². The summed E-state index contributed by atoms with van der Waals surface area (Å²) in [4.78, 5) is 8.22. The van der Waals surface area contributed by atoms with E-state index in [1.807, 2.05) is 20.8 Å². The van der Waals surface area contributed by atoms with Crippen LogP contribution in [0.15, 0.2) is 35.5 Å². The third-order valence-corrected chi connectivity index (χ3v) is 4.46. The van der Waals surface area contributed by atoms with Gasteiger partial charge in [-0.3, -0.25) is 0 Å². The number of nitrogens with zero attached hydrogens (tertiary/aromatic N) is 2. The largest absolute Gasteiger partial charge is 0.494 e. The van der Waals surface area contributed by atoms with E-state index < -0.39 is 10.0 Å². The normalized spacial score (nSPS) is 11.4. The molecule has 1 aromatic heterocycles. The lowest BCUT2D eigenvalue weighted by atomic mass is 10.2. The van der Waals surface area contributed by atoms with Crippen LogP contribution in [0.1, 0.15) is 23.9 Å². The Balaban J connectivity index is 2.15. The second-order valence-corrected chi connectivity index (χ2v) is 6.60. The highest BCUT2D eigenvalue weighted by molar-refractivity contribution is 7.89. The molecule has 0 bridgehead atoms. The molecule has 0 saturated heterocycles. The molecule has 0 atom stereocenters. The third-order valence-electron chi connectivity index (χ3n) is 3.06. The van der Waals surface area contributed by atoms with E-state index in [4.69, 9.17) is 4.74 Å². The molecular weight excluding hydrogens is 302 g/mol. The van der Waals surface area contributed by atoms with Crippen molar-refractivity contribution in [3.05, 3.63) is 47.5 Å². The first-order valence-electron chi connectivity index (χ1n) is 6.93. The van der Waals surface area contributed by atoms with Gasteiger partial charge in [0, 0.05) is 5.69 Å². The second kappa shape index (κ2) is 6.85. The fraction of sp³-hybridized carbons (Fsp3) is 0.333. The van der Waals surface area contributed by atoms with Crippen molar-refractivity contribution in [2.45, 2.75) is 32.2 Å². The Morgan fingerprint density at radius 2 is 1.95 bits per heavy atom. The van der Waals surface area contributed by atoms with Crippen LogP contribution in [0.2, 0.25) is 0 Å². The number of nitrogens with one attached hydrogen (secondary N) is 1. The monoisotopic (exact) mass is 321 g/mol. The lowest BCUT2D eigenvalue weighted by Crippen LogP contribution is -2.24. The van der Waals surface area contributed by atoms with Gasteiger partial charge in [0.25, 0.3) is 0 Å². The summed E-state index contributed by atoms with van der Waals surface area (Å²) < 4.78 is 32.6. The summed E-state index contributed by atoms with van der Waals surface area (Å²) in [5.41, 5.74) is 2.20. The molecule has 0 unspecified atom stereocenters. The molecule has 0 aliphatic carbocycles. The van der Waals surface area contributed by atoms with Gasteiger partial charge in [-0.15, -0.1) is 0 Å². The maximum atomic E-state index is 12.3. The summed E-state index contributed by atoms with van der Waals surface area (Å²) in [6.45, 7) is 6.19. The van der Waals surface area contributed by atoms with E-state index in [0.717, 1.165) is 11.3 Å². The Labute approximate surface area is 130 Å². The topological polar surface area (TPSA) is 81.2 Å². The third kappa shape index (κ3) is 4.02. The van der Waals surface area contributed by atoms with E-state index in [0.29, 0.717) is 18.1 Å². The fourth-order valence-corrected chi connectivity index (χ4v) is 3.05. The highest BCUT2D eigenvalue weighted by atomic mass is 32.2. The number of hydrogen-bond acceptors (Lipinski definition) is 5. The number of hydrogen-bond donors (Lipinski definition) is 1. The minimum atomic E-state index is -3.59. The van der Waals surface area contributed by atoms with Crippen molar-refractivity contribution >= 4 is 10.0 Å². The zero-order valence-corrected chi connectivity index (χ0v) is 13.6. The van der Waals surface area contributed by atoms with Crippen LogP contribution in [-0.4, -0.2) is 25.0 Å². The van der Waals surface area contributed by atoms with E-state index >= 15 is 0 Å². The molecule has 2 aromatic rings. The van der Waals surface area contributed by atoms with Crippen molar-refractivity contribution in [2.75, 3.05) is 6.61 Å². The Morgan fingerprint density at radius 1 is 1.18 bits per heavy atom. The molecule has 1 heterocycles. The first kappa shape index (κ1) is 16.4. The molecule has 0 spiro atoms. The molecule has 0 saturated carbocycles. The summed E-state index contributed by atoms with van der Waals surface area (Å²) in [7, 11) is -3.59.